The highest BCUT2D eigenvalue weighted by Crippen LogP contribution is 2.18. The predicted molar refractivity (Wildman–Crippen MR) is 87.0 cm³/mol. The van der Waals surface area contributed by atoms with Gasteiger partial charge in [-0.15, -0.1) is 0 Å². The molecule has 0 radical (unpaired) electrons. The minimum absolute atomic E-state index is 0.211. The fraction of sp³-hybridized carbons (Fsp3) is 0.389. The molecule has 0 bridgehead atoms. The molecule has 23 heavy (non-hydrogen) atoms. The smallest absolute Gasteiger partial charge is 0.357 e. The second-order valence-corrected chi connectivity index (χ2v) is 5.93. The van der Waals surface area contributed by atoms with E-state index in [4.69, 9.17) is 4.74 Å². The van der Waals surface area contributed by atoms with Crippen LogP contribution in [0.2, 0.25) is 0 Å². The third-order valence-corrected chi connectivity index (χ3v) is 4.16. The number of ether oxygens (including phenoxy) is 1. The van der Waals surface area contributed by atoms with Crippen molar-refractivity contribution in [3.8, 4) is 0 Å². The van der Waals surface area contributed by atoms with Crippen LogP contribution in [-0.2, 0) is 9.53 Å². The molecule has 1 fully saturated rings. The Hall–Kier alpha value is -2.43. The standard InChI is InChI=1S/C18H20N2O3/c1-12(17(21)19-14-7-3-4-8-14)23-18(22)16-11-10-13-6-2-5-9-15(13)20-16/h2,5-6,9-12,14H,3-4,7-8H2,1H3,(H,19,21). The Morgan fingerprint density at radius 3 is 2.70 bits per heavy atom. The first-order valence-corrected chi connectivity index (χ1v) is 8.00. The Balaban J connectivity index is 1.63. The van der Waals surface area contributed by atoms with E-state index in [2.05, 4.69) is 10.3 Å². The number of hydrogen-bond donors (Lipinski definition) is 1. The first kappa shape index (κ1) is 15.5. The minimum Gasteiger partial charge on any atom is -0.448 e. The SMILES string of the molecule is CC(OC(=O)c1ccc2ccccc2n1)C(=O)NC1CCCC1. The zero-order valence-corrected chi connectivity index (χ0v) is 13.1. The van der Waals surface area contributed by atoms with E-state index in [1.807, 2.05) is 30.3 Å². The number of hydrogen-bond acceptors (Lipinski definition) is 4. The molecule has 3 rings (SSSR count). The van der Waals surface area contributed by atoms with Gasteiger partial charge in [0.15, 0.2) is 6.10 Å². The minimum atomic E-state index is -0.823. The van der Waals surface area contributed by atoms with Crippen molar-refractivity contribution < 1.29 is 14.3 Å². The average Bonchev–Trinajstić information content (AvgIpc) is 3.07. The summed E-state index contributed by atoms with van der Waals surface area (Å²) in [6.07, 6.45) is 3.45. The van der Waals surface area contributed by atoms with E-state index in [-0.39, 0.29) is 17.6 Å². The Bertz CT molecular complexity index is 723. The molecule has 1 heterocycles. The lowest BCUT2D eigenvalue weighted by Gasteiger charge is -2.17. The Kier molecular flexibility index (Phi) is 4.55. The van der Waals surface area contributed by atoms with Crippen LogP contribution in [0.15, 0.2) is 36.4 Å². The largest absolute Gasteiger partial charge is 0.448 e. The molecule has 1 unspecified atom stereocenters. The van der Waals surface area contributed by atoms with Gasteiger partial charge in [0.2, 0.25) is 0 Å². The van der Waals surface area contributed by atoms with Crippen molar-refractivity contribution in [1.29, 1.82) is 0 Å². The molecule has 1 N–H and O–H groups in total. The van der Waals surface area contributed by atoms with Crippen molar-refractivity contribution in [3.63, 3.8) is 0 Å². The summed E-state index contributed by atoms with van der Waals surface area (Å²) in [4.78, 5) is 28.5. The summed E-state index contributed by atoms with van der Waals surface area (Å²) in [7, 11) is 0. The van der Waals surface area contributed by atoms with E-state index in [0.29, 0.717) is 0 Å². The molecule has 1 aromatic carbocycles. The molecule has 120 valence electrons. The Morgan fingerprint density at radius 2 is 1.91 bits per heavy atom. The molecule has 0 saturated heterocycles. The van der Waals surface area contributed by atoms with Crippen LogP contribution in [0.1, 0.15) is 43.1 Å². The number of carbonyl (C=O) groups is 2. The van der Waals surface area contributed by atoms with Gasteiger partial charge < -0.3 is 10.1 Å². The highest BCUT2D eigenvalue weighted by atomic mass is 16.5. The van der Waals surface area contributed by atoms with Crippen LogP contribution < -0.4 is 5.32 Å². The Morgan fingerprint density at radius 1 is 1.17 bits per heavy atom. The molecule has 2 aromatic rings. The molecular formula is C18H20N2O3. The van der Waals surface area contributed by atoms with Crippen molar-refractivity contribution in [2.24, 2.45) is 0 Å². The number of aromatic nitrogens is 1. The van der Waals surface area contributed by atoms with Crippen LogP contribution in [0.25, 0.3) is 10.9 Å². The molecule has 1 aliphatic rings. The number of pyridine rings is 1. The van der Waals surface area contributed by atoms with Crippen LogP contribution >= 0.6 is 0 Å². The van der Waals surface area contributed by atoms with Gasteiger partial charge in [-0.25, -0.2) is 9.78 Å². The number of rotatable bonds is 4. The van der Waals surface area contributed by atoms with Crippen molar-refractivity contribution in [1.82, 2.24) is 10.3 Å². The summed E-state index contributed by atoms with van der Waals surface area (Å²) in [6.45, 7) is 1.59. The van der Waals surface area contributed by atoms with Crippen molar-refractivity contribution >= 4 is 22.8 Å². The molecule has 0 aliphatic heterocycles. The maximum atomic E-state index is 12.2. The summed E-state index contributed by atoms with van der Waals surface area (Å²) >= 11 is 0. The third kappa shape index (κ3) is 3.67. The van der Waals surface area contributed by atoms with Crippen molar-refractivity contribution in [2.45, 2.75) is 44.8 Å². The predicted octanol–water partition coefficient (Wildman–Crippen LogP) is 2.84. The molecule has 1 amide bonds. The van der Waals surface area contributed by atoms with E-state index in [9.17, 15) is 9.59 Å². The Labute approximate surface area is 135 Å². The molecular weight excluding hydrogens is 292 g/mol. The number of nitrogens with one attached hydrogen (secondary N) is 1. The highest BCUT2D eigenvalue weighted by molar-refractivity contribution is 5.93. The third-order valence-electron chi connectivity index (χ3n) is 4.16. The second kappa shape index (κ2) is 6.77. The summed E-state index contributed by atoms with van der Waals surface area (Å²) in [5, 5.41) is 3.88. The van der Waals surface area contributed by atoms with Gasteiger partial charge >= 0.3 is 5.97 Å². The van der Waals surface area contributed by atoms with Crippen LogP contribution in [0.4, 0.5) is 0 Å². The maximum Gasteiger partial charge on any atom is 0.357 e. The second-order valence-electron chi connectivity index (χ2n) is 5.93. The quantitative estimate of drug-likeness (QED) is 0.882. The molecule has 5 nitrogen and oxygen atoms in total. The van der Waals surface area contributed by atoms with E-state index in [1.54, 1.807) is 13.0 Å². The summed E-state index contributed by atoms with van der Waals surface area (Å²) in [6, 6.07) is 11.2. The molecule has 1 saturated carbocycles. The lowest BCUT2D eigenvalue weighted by Crippen LogP contribution is -2.40. The van der Waals surface area contributed by atoms with E-state index >= 15 is 0 Å². The normalized spacial score (nSPS) is 16.2. The zero-order valence-electron chi connectivity index (χ0n) is 13.1. The van der Waals surface area contributed by atoms with Gasteiger partial charge in [-0.1, -0.05) is 37.1 Å². The number of para-hydroxylation sites is 1. The number of benzene rings is 1. The van der Waals surface area contributed by atoms with Crippen LogP contribution in [0, 0.1) is 0 Å². The number of nitrogens with zero attached hydrogens (tertiary/aromatic N) is 1. The maximum absolute atomic E-state index is 12.2. The number of fused-ring (bicyclic) bond motifs is 1. The average molecular weight is 312 g/mol. The van der Waals surface area contributed by atoms with Gasteiger partial charge in [-0.2, -0.15) is 0 Å². The summed E-state index contributed by atoms with van der Waals surface area (Å²) in [5.41, 5.74) is 0.939. The zero-order chi connectivity index (χ0) is 16.2. The van der Waals surface area contributed by atoms with E-state index in [1.165, 1.54) is 0 Å². The van der Waals surface area contributed by atoms with Crippen LogP contribution in [0.3, 0.4) is 0 Å². The molecule has 1 aromatic heterocycles. The first-order chi connectivity index (χ1) is 11.1. The fourth-order valence-corrected chi connectivity index (χ4v) is 2.84. The molecule has 5 heteroatoms. The molecule has 0 spiro atoms. The van der Waals surface area contributed by atoms with Gasteiger partial charge in [0.25, 0.3) is 5.91 Å². The van der Waals surface area contributed by atoms with Gasteiger partial charge in [-0.3, -0.25) is 4.79 Å². The van der Waals surface area contributed by atoms with Gasteiger partial charge in [0, 0.05) is 11.4 Å². The topological polar surface area (TPSA) is 68.3 Å². The monoisotopic (exact) mass is 312 g/mol. The van der Waals surface area contributed by atoms with Gasteiger partial charge in [0.05, 0.1) is 5.52 Å². The number of amides is 1. The lowest BCUT2D eigenvalue weighted by molar-refractivity contribution is -0.129. The van der Waals surface area contributed by atoms with E-state index in [0.717, 1.165) is 36.6 Å². The number of carbonyl (C=O) groups excluding carboxylic acids is 2. The van der Waals surface area contributed by atoms with Gasteiger partial charge in [-0.05, 0) is 31.9 Å². The number of esters is 1. The van der Waals surface area contributed by atoms with E-state index < -0.39 is 12.1 Å². The van der Waals surface area contributed by atoms with Crippen LogP contribution in [-0.4, -0.2) is 29.0 Å². The first-order valence-electron chi connectivity index (χ1n) is 8.00. The lowest BCUT2D eigenvalue weighted by atomic mass is 10.2. The summed E-state index contributed by atoms with van der Waals surface area (Å²) in [5.74, 6) is -0.823. The van der Waals surface area contributed by atoms with Crippen molar-refractivity contribution in [2.75, 3.05) is 0 Å². The van der Waals surface area contributed by atoms with Crippen molar-refractivity contribution in [3.05, 3.63) is 42.1 Å². The van der Waals surface area contributed by atoms with Crippen LogP contribution in [0.5, 0.6) is 0 Å². The highest BCUT2D eigenvalue weighted by Gasteiger charge is 2.23. The molecule has 1 atom stereocenters. The fourth-order valence-electron chi connectivity index (χ4n) is 2.84. The molecule has 1 aliphatic carbocycles. The summed E-state index contributed by atoms with van der Waals surface area (Å²) < 4.78 is 5.24. The van der Waals surface area contributed by atoms with Gasteiger partial charge in [0.1, 0.15) is 5.69 Å².